The lowest BCUT2D eigenvalue weighted by molar-refractivity contribution is -0.142. The normalized spacial score (nSPS) is 13.1. The van der Waals surface area contributed by atoms with E-state index in [-0.39, 0.29) is 0 Å². The molecule has 0 heterocycles. The highest BCUT2D eigenvalue weighted by atomic mass is 32.2. The molecule has 0 amide bonds. The Kier molecular flexibility index (Phi) is 4.36. The number of hydrogen-bond acceptors (Lipinski definition) is 4. The van der Waals surface area contributed by atoms with E-state index in [1.165, 1.54) is 6.92 Å². The van der Waals surface area contributed by atoms with Crippen molar-refractivity contribution < 1.29 is 26.7 Å². The highest BCUT2D eigenvalue weighted by molar-refractivity contribution is 7.89. The number of carbonyl (C=O) groups excluding carboxylic acids is 1. The first-order valence-electron chi connectivity index (χ1n) is 4.83. The van der Waals surface area contributed by atoms with Crippen molar-refractivity contribution in [2.24, 2.45) is 0 Å². The lowest BCUT2D eigenvalue weighted by Crippen LogP contribution is -2.39. The van der Waals surface area contributed by atoms with E-state index in [2.05, 4.69) is 4.74 Å². The number of hydrogen-bond donors (Lipinski definition) is 1. The van der Waals surface area contributed by atoms with Gasteiger partial charge in [0.05, 0.1) is 7.11 Å². The van der Waals surface area contributed by atoms with E-state index in [0.717, 1.165) is 25.3 Å². The van der Waals surface area contributed by atoms with Crippen molar-refractivity contribution >= 4 is 16.0 Å². The second-order valence-corrected chi connectivity index (χ2v) is 5.07. The van der Waals surface area contributed by atoms with E-state index < -0.39 is 38.6 Å². The second kappa shape index (κ2) is 5.40. The standard InChI is InChI=1S/C10H11F2NO4S/c1-6(10(14)17-2)13-18(15,16)9-7(11)4-3-5-8(9)12/h3-6,13H,1-2H3/t6-/m1/s1. The maximum Gasteiger partial charge on any atom is 0.323 e. The molecule has 0 aliphatic heterocycles. The van der Waals surface area contributed by atoms with Gasteiger partial charge in [0.2, 0.25) is 10.0 Å². The Hall–Kier alpha value is -1.54. The first kappa shape index (κ1) is 14.5. The monoisotopic (exact) mass is 279 g/mol. The third-order valence-electron chi connectivity index (χ3n) is 2.07. The minimum atomic E-state index is -4.48. The van der Waals surface area contributed by atoms with Gasteiger partial charge >= 0.3 is 5.97 Å². The highest BCUT2D eigenvalue weighted by Crippen LogP contribution is 2.18. The average molecular weight is 279 g/mol. The van der Waals surface area contributed by atoms with Crippen molar-refractivity contribution in [3.05, 3.63) is 29.8 Å². The van der Waals surface area contributed by atoms with E-state index in [0.29, 0.717) is 0 Å². The van der Waals surface area contributed by atoms with Crippen molar-refractivity contribution in [1.29, 1.82) is 0 Å². The van der Waals surface area contributed by atoms with Crippen molar-refractivity contribution in [2.75, 3.05) is 7.11 Å². The van der Waals surface area contributed by atoms with Crippen LogP contribution in [0.4, 0.5) is 8.78 Å². The molecular formula is C10H11F2NO4S. The molecule has 0 fully saturated rings. The molecule has 0 aliphatic carbocycles. The molecule has 18 heavy (non-hydrogen) atoms. The molecule has 0 aromatic heterocycles. The summed E-state index contributed by atoms with van der Waals surface area (Å²) in [7, 11) is -3.41. The predicted octanol–water partition coefficient (Wildman–Crippen LogP) is 0.805. The fourth-order valence-corrected chi connectivity index (χ4v) is 2.58. The fraction of sp³-hybridized carbons (Fsp3) is 0.300. The number of ether oxygens (including phenoxy) is 1. The van der Waals surface area contributed by atoms with Crippen molar-refractivity contribution in [3.8, 4) is 0 Å². The second-order valence-electron chi connectivity index (χ2n) is 3.42. The lowest BCUT2D eigenvalue weighted by Gasteiger charge is -2.12. The van der Waals surface area contributed by atoms with Crippen LogP contribution in [0.25, 0.3) is 0 Å². The number of carbonyl (C=O) groups is 1. The third-order valence-corrected chi connectivity index (χ3v) is 3.67. The van der Waals surface area contributed by atoms with Crippen LogP contribution < -0.4 is 4.72 Å². The molecular weight excluding hydrogens is 268 g/mol. The minimum absolute atomic E-state index is 0.806. The first-order chi connectivity index (χ1) is 8.29. The Morgan fingerprint density at radius 1 is 1.33 bits per heavy atom. The van der Waals surface area contributed by atoms with Crippen LogP contribution in [0.15, 0.2) is 23.1 Å². The van der Waals surface area contributed by atoms with Gasteiger partial charge in [0, 0.05) is 0 Å². The molecule has 0 spiro atoms. The van der Waals surface area contributed by atoms with Crippen LogP contribution in [-0.2, 0) is 19.6 Å². The molecule has 1 aromatic carbocycles. The molecule has 5 nitrogen and oxygen atoms in total. The molecule has 0 bridgehead atoms. The van der Waals surface area contributed by atoms with E-state index in [4.69, 9.17) is 0 Å². The summed E-state index contributed by atoms with van der Waals surface area (Å²) >= 11 is 0. The van der Waals surface area contributed by atoms with E-state index in [1.54, 1.807) is 0 Å². The summed E-state index contributed by atoms with van der Waals surface area (Å²) in [5.41, 5.74) is 0. The summed E-state index contributed by atoms with van der Waals surface area (Å²) in [5.74, 6) is -3.34. The molecule has 1 N–H and O–H groups in total. The Bertz CT molecular complexity index is 539. The number of rotatable bonds is 4. The Morgan fingerprint density at radius 3 is 2.28 bits per heavy atom. The number of nitrogens with one attached hydrogen (secondary N) is 1. The average Bonchev–Trinajstić information content (AvgIpc) is 2.26. The maximum absolute atomic E-state index is 13.3. The number of sulfonamides is 1. The fourth-order valence-electron chi connectivity index (χ4n) is 1.26. The first-order valence-corrected chi connectivity index (χ1v) is 6.32. The van der Waals surface area contributed by atoms with Crippen LogP contribution in [-0.4, -0.2) is 27.5 Å². The van der Waals surface area contributed by atoms with Gasteiger partial charge in [-0.3, -0.25) is 4.79 Å². The quantitative estimate of drug-likeness (QED) is 0.828. The smallest absolute Gasteiger partial charge is 0.323 e. The SMILES string of the molecule is COC(=O)[C@@H](C)NS(=O)(=O)c1c(F)cccc1F. The van der Waals surface area contributed by atoms with Gasteiger partial charge < -0.3 is 4.74 Å². The number of methoxy groups -OCH3 is 1. The van der Waals surface area contributed by atoms with Crippen LogP contribution in [0.1, 0.15) is 6.92 Å². The lowest BCUT2D eigenvalue weighted by atomic mass is 10.3. The van der Waals surface area contributed by atoms with Gasteiger partial charge in [-0.2, -0.15) is 4.72 Å². The Morgan fingerprint density at radius 2 is 1.83 bits per heavy atom. The Balaban J connectivity index is 3.12. The van der Waals surface area contributed by atoms with Crippen molar-refractivity contribution in [1.82, 2.24) is 4.72 Å². The van der Waals surface area contributed by atoms with Crippen LogP contribution in [0, 0.1) is 11.6 Å². The van der Waals surface area contributed by atoms with Gasteiger partial charge in [-0.05, 0) is 19.1 Å². The Labute approximate surface area is 103 Å². The van der Waals surface area contributed by atoms with Crippen molar-refractivity contribution in [3.63, 3.8) is 0 Å². The largest absolute Gasteiger partial charge is 0.468 e. The molecule has 1 atom stereocenters. The molecule has 0 radical (unpaired) electrons. The zero-order valence-corrected chi connectivity index (χ0v) is 10.4. The van der Waals surface area contributed by atoms with Gasteiger partial charge in [0.25, 0.3) is 0 Å². The van der Waals surface area contributed by atoms with Gasteiger partial charge in [0.1, 0.15) is 17.7 Å². The van der Waals surface area contributed by atoms with Gasteiger partial charge in [-0.25, -0.2) is 17.2 Å². The summed E-state index contributed by atoms with van der Waals surface area (Å²) < 4.78 is 56.1. The molecule has 0 aliphatic rings. The molecule has 1 rings (SSSR count). The summed E-state index contributed by atoms with van der Waals surface area (Å²) in [5, 5.41) is 0. The van der Waals surface area contributed by atoms with E-state index >= 15 is 0 Å². The van der Waals surface area contributed by atoms with Crippen LogP contribution in [0.2, 0.25) is 0 Å². The number of benzene rings is 1. The molecule has 0 saturated heterocycles. The molecule has 0 saturated carbocycles. The van der Waals surface area contributed by atoms with E-state index in [1.807, 2.05) is 4.72 Å². The predicted molar refractivity (Wildman–Crippen MR) is 58.2 cm³/mol. The third kappa shape index (κ3) is 3.02. The van der Waals surface area contributed by atoms with Gasteiger partial charge in [-0.15, -0.1) is 0 Å². The number of halogens is 2. The topological polar surface area (TPSA) is 72.5 Å². The van der Waals surface area contributed by atoms with Gasteiger partial charge in [0.15, 0.2) is 4.90 Å². The zero-order chi connectivity index (χ0) is 13.9. The molecule has 100 valence electrons. The summed E-state index contributed by atoms with van der Waals surface area (Å²) in [6.07, 6.45) is 0. The van der Waals surface area contributed by atoms with Crippen LogP contribution >= 0.6 is 0 Å². The summed E-state index contributed by atoms with van der Waals surface area (Å²) in [6.45, 7) is 1.20. The van der Waals surface area contributed by atoms with Gasteiger partial charge in [-0.1, -0.05) is 6.07 Å². The summed E-state index contributed by atoms with van der Waals surface area (Å²) in [6, 6.07) is 1.40. The zero-order valence-electron chi connectivity index (χ0n) is 9.61. The van der Waals surface area contributed by atoms with E-state index in [9.17, 15) is 22.0 Å². The number of esters is 1. The minimum Gasteiger partial charge on any atom is -0.468 e. The van der Waals surface area contributed by atoms with Crippen LogP contribution in [0.5, 0.6) is 0 Å². The maximum atomic E-state index is 13.3. The highest BCUT2D eigenvalue weighted by Gasteiger charge is 2.28. The van der Waals surface area contributed by atoms with Crippen LogP contribution in [0.3, 0.4) is 0 Å². The molecule has 0 unspecified atom stereocenters. The molecule has 8 heteroatoms. The summed E-state index contributed by atoms with van der Waals surface area (Å²) in [4.78, 5) is 9.93. The molecule has 1 aromatic rings. The van der Waals surface area contributed by atoms with Crippen molar-refractivity contribution in [2.45, 2.75) is 17.9 Å².